The van der Waals surface area contributed by atoms with E-state index in [1.807, 2.05) is 53.4 Å². The lowest BCUT2D eigenvalue weighted by Gasteiger charge is -2.56. The van der Waals surface area contributed by atoms with Crippen LogP contribution in [-0.4, -0.2) is 65.6 Å². The highest BCUT2D eigenvalue weighted by atomic mass is 16.5. The number of likely N-dealkylation sites (tertiary alicyclic amines) is 1. The number of amides is 1. The Morgan fingerprint density at radius 1 is 1.08 bits per heavy atom. The van der Waals surface area contributed by atoms with Gasteiger partial charge in [0.15, 0.2) is 0 Å². The molecule has 1 aliphatic carbocycles. The molecule has 0 bridgehead atoms. The average molecular weight is 529 g/mol. The van der Waals surface area contributed by atoms with E-state index in [0.29, 0.717) is 24.3 Å². The Morgan fingerprint density at radius 3 is 2.59 bits per heavy atom. The molecule has 0 spiro atoms. The van der Waals surface area contributed by atoms with Gasteiger partial charge in [0.2, 0.25) is 0 Å². The number of esters is 1. The Hall–Kier alpha value is -3.22. The average Bonchev–Trinajstić information content (AvgIpc) is 2.91. The van der Waals surface area contributed by atoms with Gasteiger partial charge >= 0.3 is 5.97 Å². The number of aliphatic hydroxyl groups excluding tert-OH is 1. The number of piperidine rings is 1. The van der Waals surface area contributed by atoms with Gasteiger partial charge in [-0.2, -0.15) is 0 Å². The second-order valence-corrected chi connectivity index (χ2v) is 12.0. The minimum Gasteiger partial charge on any atom is -0.427 e. The van der Waals surface area contributed by atoms with E-state index in [-0.39, 0.29) is 35.2 Å². The molecule has 1 saturated heterocycles. The van der Waals surface area contributed by atoms with Crippen molar-refractivity contribution in [3.05, 3.63) is 77.9 Å². The lowest BCUT2D eigenvalue weighted by molar-refractivity contribution is -0.131. The molecule has 1 aliphatic heterocycles. The largest absolute Gasteiger partial charge is 0.427 e. The molecule has 1 saturated carbocycles. The fraction of sp³-hybridized carbons (Fsp3) is 0.455. The summed E-state index contributed by atoms with van der Waals surface area (Å²) in [6, 6.07) is 21.7. The van der Waals surface area contributed by atoms with Crippen LogP contribution in [0.25, 0.3) is 10.8 Å². The van der Waals surface area contributed by atoms with Crippen molar-refractivity contribution in [2.45, 2.75) is 57.6 Å². The van der Waals surface area contributed by atoms with Crippen LogP contribution < -0.4 is 4.74 Å². The topological polar surface area (TPSA) is 70.1 Å². The van der Waals surface area contributed by atoms with Crippen LogP contribution >= 0.6 is 0 Å². The first-order valence-corrected chi connectivity index (χ1v) is 14.1. The second-order valence-electron chi connectivity index (χ2n) is 12.0. The molecule has 4 atom stereocenters. The van der Waals surface area contributed by atoms with Gasteiger partial charge in [-0.05, 0) is 79.4 Å². The SMILES string of the molecule is CC(=O)Oc1cccc([C@@]23CCN(C)C[C@H]2C(O)C[C@H](N(CC(C)C)C(=O)c2ccc4ccccc4c2)C3)c1. The summed E-state index contributed by atoms with van der Waals surface area (Å²) < 4.78 is 5.45. The lowest BCUT2D eigenvalue weighted by Crippen LogP contribution is -2.61. The van der Waals surface area contributed by atoms with Gasteiger partial charge < -0.3 is 19.6 Å². The number of ether oxygens (including phenoxy) is 1. The van der Waals surface area contributed by atoms with Crippen LogP contribution in [0.1, 0.15) is 56.0 Å². The van der Waals surface area contributed by atoms with Gasteiger partial charge in [0.05, 0.1) is 6.10 Å². The molecule has 2 fully saturated rings. The first kappa shape index (κ1) is 27.4. The lowest BCUT2D eigenvalue weighted by atomic mass is 9.56. The molecule has 1 unspecified atom stereocenters. The van der Waals surface area contributed by atoms with E-state index >= 15 is 0 Å². The number of rotatable bonds is 6. The minimum absolute atomic E-state index is 0.0156. The van der Waals surface area contributed by atoms with Gasteiger partial charge in [0.25, 0.3) is 5.91 Å². The highest BCUT2D eigenvalue weighted by Gasteiger charge is 2.53. The Labute approximate surface area is 231 Å². The van der Waals surface area contributed by atoms with E-state index in [1.165, 1.54) is 6.92 Å². The fourth-order valence-electron chi connectivity index (χ4n) is 6.90. The smallest absolute Gasteiger partial charge is 0.308 e. The molecule has 6 nitrogen and oxygen atoms in total. The molecule has 2 aliphatic rings. The molecular weight excluding hydrogens is 488 g/mol. The van der Waals surface area contributed by atoms with Crippen molar-refractivity contribution >= 4 is 22.6 Å². The Kier molecular flexibility index (Phi) is 7.79. The van der Waals surface area contributed by atoms with Crippen LogP contribution in [0.15, 0.2) is 66.7 Å². The molecule has 1 heterocycles. The molecule has 3 aromatic carbocycles. The summed E-state index contributed by atoms with van der Waals surface area (Å²) in [5.41, 5.74) is 1.43. The molecule has 5 rings (SSSR count). The molecule has 3 aromatic rings. The molecule has 6 heteroatoms. The molecule has 1 amide bonds. The fourth-order valence-corrected chi connectivity index (χ4v) is 6.90. The van der Waals surface area contributed by atoms with Crippen LogP contribution in [0.3, 0.4) is 0 Å². The van der Waals surface area contributed by atoms with Crippen LogP contribution in [0.2, 0.25) is 0 Å². The van der Waals surface area contributed by atoms with Crippen molar-refractivity contribution in [3.8, 4) is 5.75 Å². The van der Waals surface area contributed by atoms with E-state index in [9.17, 15) is 14.7 Å². The number of aliphatic hydroxyl groups is 1. The first-order chi connectivity index (χ1) is 18.7. The number of benzene rings is 3. The van der Waals surface area contributed by atoms with Gasteiger partial charge in [-0.15, -0.1) is 0 Å². The van der Waals surface area contributed by atoms with Gasteiger partial charge in [0.1, 0.15) is 5.75 Å². The van der Waals surface area contributed by atoms with E-state index in [1.54, 1.807) is 6.07 Å². The number of hydrogen-bond acceptors (Lipinski definition) is 5. The summed E-state index contributed by atoms with van der Waals surface area (Å²) in [5, 5.41) is 13.8. The minimum atomic E-state index is -0.553. The van der Waals surface area contributed by atoms with Gasteiger partial charge in [-0.1, -0.05) is 56.3 Å². The second kappa shape index (κ2) is 11.1. The third kappa shape index (κ3) is 5.59. The Morgan fingerprint density at radius 2 is 1.85 bits per heavy atom. The molecule has 1 N–H and O–H groups in total. The van der Waals surface area contributed by atoms with E-state index in [0.717, 1.165) is 42.3 Å². The number of nitrogens with zero attached hydrogens (tertiary/aromatic N) is 2. The van der Waals surface area contributed by atoms with E-state index in [2.05, 4.69) is 37.9 Å². The highest BCUT2D eigenvalue weighted by molar-refractivity contribution is 5.98. The summed E-state index contributed by atoms with van der Waals surface area (Å²) in [4.78, 5) is 30.1. The van der Waals surface area contributed by atoms with Crippen molar-refractivity contribution in [1.82, 2.24) is 9.80 Å². The number of fused-ring (bicyclic) bond motifs is 2. The van der Waals surface area contributed by atoms with Crippen molar-refractivity contribution in [1.29, 1.82) is 0 Å². The molecule has 206 valence electrons. The third-order valence-electron chi connectivity index (χ3n) is 8.67. The maximum Gasteiger partial charge on any atom is 0.308 e. The monoisotopic (exact) mass is 528 g/mol. The predicted octanol–water partition coefficient (Wildman–Crippen LogP) is 5.28. The normalized spacial score (nSPS) is 25.3. The standard InChI is InChI=1S/C33H40N2O4/c1-22(2)20-35(32(38)26-13-12-24-8-5-6-9-25(24)16-26)28-18-31(37)30-21-34(4)15-14-33(30,19-28)27-10-7-11-29(17-27)39-23(3)36/h5-13,16-17,22,28,30-31,37H,14-15,18-21H2,1-4H3/t28-,30-,31?,33-/m0/s1. The zero-order chi connectivity index (χ0) is 27.7. The summed E-state index contributed by atoms with van der Waals surface area (Å²) in [7, 11) is 2.10. The van der Waals surface area contributed by atoms with Crippen molar-refractivity contribution in [2.24, 2.45) is 11.8 Å². The van der Waals surface area contributed by atoms with Crippen molar-refractivity contribution in [3.63, 3.8) is 0 Å². The quantitative estimate of drug-likeness (QED) is 0.348. The van der Waals surface area contributed by atoms with Crippen molar-refractivity contribution in [2.75, 3.05) is 26.7 Å². The summed E-state index contributed by atoms with van der Waals surface area (Å²) >= 11 is 0. The van der Waals surface area contributed by atoms with E-state index < -0.39 is 6.10 Å². The zero-order valence-corrected chi connectivity index (χ0v) is 23.5. The summed E-state index contributed by atoms with van der Waals surface area (Å²) in [6.45, 7) is 7.99. The molecule has 0 radical (unpaired) electrons. The van der Waals surface area contributed by atoms with E-state index in [4.69, 9.17) is 4.74 Å². The van der Waals surface area contributed by atoms with Crippen molar-refractivity contribution < 1.29 is 19.4 Å². The number of carbonyl (C=O) groups is 2. The van der Waals surface area contributed by atoms with Gasteiger partial charge in [-0.25, -0.2) is 0 Å². The van der Waals surface area contributed by atoms with Crippen LogP contribution in [0, 0.1) is 11.8 Å². The van der Waals surface area contributed by atoms with Gasteiger partial charge in [-0.3, -0.25) is 9.59 Å². The molecular formula is C33H40N2O4. The molecule has 0 aromatic heterocycles. The van der Waals surface area contributed by atoms with Crippen LogP contribution in [0.5, 0.6) is 5.75 Å². The maximum absolute atomic E-state index is 14.1. The van der Waals surface area contributed by atoms with Crippen LogP contribution in [0.4, 0.5) is 0 Å². The highest BCUT2D eigenvalue weighted by Crippen LogP contribution is 2.50. The first-order valence-electron chi connectivity index (χ1n) is 14.1. The summed E-state index contributed by atoms with van der Waals surface area (Å²) in [5.74, 6) is 0.494. The zero-order valence-electron chi connectivity index (χ0n) is 23.5. The van der Waals surface area contributed by atoms with Crippen LogP contribution in [-0.2, 0) is 10.2 Å². The number of hydrogen-bond donors (Lipinski definition) is 1. The maximum atomic E-state index is 14.1. The molecule has 39 heavy (non-hydrogen) atoms. The Balaban J connectivity index is 1.53. The number of carbonyl (C=O) groups excluding carboxylic acids is 2. The summed E-state index contributed by atoms with van der Waals surface area (Å²) in [6.07, 6.45) is 1.63. The van der Waals surface area contributed by atoms with Gasteiger partial charge in [0, 0.05) is 43.0 Å². The Bertz CT molecular complexity index is 1350. The third-order valence-corrected chi connectivity index (χ3v) is 8.67. The predicted molar refractivity (Wildman–Crippen MR) is 154 cm³/mol.